The van der Waals surface area contributed by atoms with Crippen LogP contribution < -0.4 is 5.73 Å². The zero-order valence-corrected chi connectivity index (χ0v) is 12.2. The second kappa shape index (κ2) is 6.36. The van der Waals surface area contributed by atoms with E-state index in [1.807, 2.05) is 7.11 Å². The van der Waals surface area contributed by atoms with E-state index in [9.17, 15) is 0 Å². The molecule has 1 aliphatic heterocycles. The highest BCUT2D eigenvalue weighted by atomic mass is 16.5. The van der Waals surface area contributed by atoms with E-state index in [2.05, 4.69) is 11.8 Å². The summed E-state index contributed by atoms with van der Waals surface area (Å²) in [5, 5.41) is 0. The Morgan fingerprint density at radius 2 is 2.11 bits per heavy atom. The summed E-state index contributed by atoms with van der Waals surface area (Å²) in [7, 11) is 1.84. The fourth-order valence-corrected chi connectivity index (χ4v) is 3.87. The normalized spacial score (nSPS) is 38.8. The summed E-state index contributed by atoms with van der Waals surface area (Å²) in [4.78, 5) is 2.64. The maximum atomic E-state index is 6.18. The molecule has 0 bridgehead atoms. The molecule has 1 saturated heterocycles. The predicted octanol–water partition coefficient (Wildman–Crippen LogP) is 2.39. The molecule has 3 nitrogen and oxygen atoms in total. The van der Waals surface area contributed by atoms with E-state index in [0.717, 1.165) is 19.0 Å². The predicted molar refractivity (Wildman–Crippen MR) is 75.6 cm³/mol. The Bertz CT molecular complexity index is 259. The molecule has 0 aromatic heterocycles. The van der Waals surface area contributed by atoms with Gasteiger partial charge >= 0.3 is 0 Å². The standard InChI is InChI=1S/C15H30N2O/c1-3-13-5-4-8-15(12-16,9-6-13)17-10-7-14(11-17)18-2/h13-14H,3-12,16H2,1-2H3. The third kappa shape index (κ3) is 2.89. The van der Waals surface area contributed by atoms with E-state index in [4.69, 9.17) is 10.5 Å². The second-order valence-corrected chi connectivity index (χ2v) is 6.23. The Morgan fingerprint density at radius 3 is 2.72 bits per heavy atom. The lowest BCUT2D eigenvalue weighted by atomic mass is 9.87. The molecule has 3 heteroatoms. The van der Waals surface area contributed by atoms with Crippen LogP contribution in [0.15, 0.2) is 0 Å². The van der Waals surface area contributed by atoms with Gasteiger partial charge in [-0.1, -0.05) is 26.2 Å². The summed E-state index contributed by atoms with van der Waals surface area (Å²) in [5.41, 5.74) is 6.45. The molecule has 0 spiro atoms. The van der Waals surface area contributed by atoms with Crippen LogP contribution in [-0.4, -0.2) is 43.3 Å². The second-order valence-electron chi connectivity index (χ2n) is 6.23. The van der Waals surface area contributed by atoms with E-state index in [-0.39, 0.29) is 5.54 Å². The summed E-state index contributed by atoms with van der Waals surface area (Å²) in [6.45, 7) is 5.41. The number of methoxy groups -OCH3 is 1. The largest absolute Gasteiger partial charge is 0.380 e. The third-order valence-corrected chi connectivity index (χ3v) is 5.38. The molecule has 0 aromatic rings. The molecular formula is C15H30N2O. The molecule has 1 aliphatic carbocycles. The Labute approximate surface area is 112 Å². The van der Waals surface area contributed by atoms with Crippen LogP contribution in [0.3, 0.4) is 0 Å². The molecule has 2 aliphatic rings. The molecule has 106 valence electrons. The van der Waals surface area contributed by atoms with Gasteiger partial charge in [-0.25, -0.2) is 0 Å². The molecule has 1 heterocycles. The molecule has 0 aromatic carbocycles. The van der Waals surface area contributed by atoms with Gasteiger partial charge in [-0.2, -0.15) is 0 Å². The topological polar surface area (TPSA) is 38.5 Å². The van der Waals surface area contributed by atoms with Crippen molar-refractivity contribution in [1.29, 1.82) is 0 Å². The molecule has 18 heavy (non-hydrogen) atoms. The van der Waals surface area contributed by atoms with E-state index >= 15 is 0 Å². The van der Waals surface area contributed by atoms with E-state index in [1.165, 1.54) is 51.5 Å². The fraction of sp³-hybridized carbons (Fsp3) is 1.00. The van der Waals surface area contributed by atoms with Crippen molar-refractivity contribution < 1.29 is 4.74 Å². The van der Waals surface area contributed by atoms with Crippen molar-refractivity contribution in [2.24, 2.45) is 11.7 Å². The van der Waals surface area contributed by atoms with Gasteiger partial charge in [0.05, 0.1) is 6.10 Å². The molecule has 3 atom stereocenters. The Morgan fingerprint density at radius 1 is 1.28 bits per heavy atom. The van der Waals surface area contributed by atoms with Crippen molar-refractivity contribution in [2.75, 3.05) is 26.7 Å². The maximum absolute atomic E-state index is 6.18. The minimum absolute atomic E-state index is 0.275. The first kappa shape index (κ1) is 14.3. The SMILES string of the molecule is CCC1CCCC(CN)(N2CCC(OC)C2)CC1. The quantitative estimate of drug-likeness (QED) is 0.783. The molecular weight excluding hydrogens is 224 g/mol. The number of nitrogens with zero attached hydrogens (tertiary/aromatic N) is 1. The third-order valence-electron chi connectivity index (χ3n) is 5.38. The molecule has 0 radical (unpaired) electrons. The van der Waals surface area contributed by atoms with Crippen molar-refractivity contribution in [2.45, 2.75) is 63.5 Å². The number of rotatable bonds is 4. The first-order valence-corrected chi connectivity index (χ1v) is 7.72. The summed E-state index contributed by atoms with van der Waals surface area (Å²) < 4.78 is 5.51. The minimum atomic E-state index is 0.275. The van der Waals surface area contributed by atoms with Gasteiger partial charge in [-0.15, -0.1) is 0 Å². The summed E-state index contributed by atoms with van der Waals surface area (Å²) in [6.07, 6.45) is 9.63. The van der Waals surface area contributed by atoms with Gasteiger partial charge in [-0.3, -0.25) is 4.90 Å². The van der Waals surface area contributed by atoms with Crippen molar-refractivity contribution in [3.8, 4) is 0 Å². The van der Waals surface area contributed by atoms with Crippen LogP contribution in [0.2, 0.25) is 0 Å². The fourth-order valence-electron chi connectivity index (χ4n) is 3.87. The van der Waals surface area contributed by atoms with E-state index in [1.54, 1.807) is 0 Å². The molecule has 2 N–H and O–H groups in total. The number of hydrogen-bond acceptors (Lipinski definition) is 3. The van der Waals surface area contributed by atoms with Gasteiger partial charge in [-0.05, 0) is 31.6 Å². The van der Waals surface area contributed by atoms with Gasteiger partial charge in [0.15, 0.2) is 0 Å². The van der Waals surface area contributed by atoms with Crippen molar-refractivity contribution >= 4 is 0 Å². The molecule has 1 saturated carbocycles. The van der Waals surface area contributed by atoms with Crippen LogP contribution in [-0.2, 0) is 4.74 Å². The monoisotopic (exact) mass is 254 g/mol. The van der Waals surface area contributed by atoms with Crippen LogP contribution in [0.4, 0.5) is 0 Å². The van der Waals surface area contributed by atoms with Crippen LogP contribution in [0.25, 0.3) is 0 Å². The van der Waals surface area contributed by atoms with E-state index in [0.29, 0.717) is 6.10 Å². The van der Waals surface area contributed by atoms with Gasteiger partial charge in [0.1, 0.15) is 0 Å². The zero-order valence-electron chi connectivity index (χ0n) is 12.2. The van der Waals surface area contributed by atoms with Crippen LogP contribution in [0, 0.1) is 5.92 Å². The summed E-state index contributed by atoms with van der Waals surface area (Å²) in [5.74, 6) is 0.930. The first-order valence-electron chi connectivity index (χ1n) is 7.72. The number of ether oxygens (including phenoxy) is 1. The highest BCUT2D eigenvalue weighted by molar-refractivity contribution is 4.97. The number of nitrogens with two attached hydrogens (primary N) is 1. The first-order chi connectivity index (χ1) is 8.74. The van der Waals surface area contributed by atoms with Gasteiger partial charge in [0, 0.05) is 32.3 Å². The Balaban J connectivity index is 2.01. The number of likely N-dealkylation sites (tertiary alicyclic amines) is 1. The molecule has 2 fully saturated rings. The number of hydrogen-bond donors (Lipinski definition) is 1. The van der Waals surface area contributed by atoms with Crippen molar-refractivity contribution in [3.63, 3.8) is 0 Å². The Hall–Kier alpha value is -0.120. The van der Waals surface area contributed by atoms with Gasteiger partial charge in [0.25, 0.3) is 0 Å². The van der Waals surface area contributed by atoms with Crippen LogP contribution in [0.1, 0.15) is 51.9 Å². The smallest absolute Gasteiger partial charge is 0.0710 e. The maximum Gasteiger partial charge on any atom is 0.0710 e. The lowest BCUT2D eigenvalue weighted by molar-refractivity contribution is 0.0642. The van der Waals surface area contributed by atoms with Gasteiger partial charge in [0.2, 0.25) is 0 Å². The average Bonchev–Trinajstić information content (AvgIpc) is 2.79. The molecule has 2 rings (SSSR count). The summed E-state index contributed by atoms with van der Waals surface area (Å²) >= 11 is 0. The van der Waals surface area contributed by atoms with Crippen LogP contribution in [0.5, 0.6) is 0 Å². The average molecular weight is 254 g/mol. The van der Waals surface area contributed by atoms with E-state index < -0.39 is 0 Å². The van der Waals surface area contributed by atoms with Crippen LogP contribution >= 0.6 is 0 Å². The Kier molecular flexibility index (Phi) is 5.05. The highest BCUT2D eigenvalue weighted by Gasteiger charge is 2.40. The molecule has 3 unspecified atom stereocenters. The zero-order chi connectivity index (χ0) is 13.0. The highest BCUT2D eigenvalue weighted by Crippen LogP contribution is 2.37. The minimum Gasteiger partial charge on any atom is -0.380 e. The van der Waals surface area contributed by atoms with Gasteiger partial charge < -0.3 is 10.5 Å². The lowest BCUT2D eigenvalue weighted by Crippen LogP contribution is -2.53. The summed E-state index contributed by atoms with van der Waals surface area (Å²) in [6, 6.07) is 0. The van der Waals surface area contributed by atoms with Crippen molar-refractivity contribution in [3.05, 3.63) is 0 Å². The van der Waals surface area contributed by atoms with Crippen molar-refractivity contribution in [1.82, 2.24) is 4.90 Å². The lowest BCUT2D eigenvalue weighted by Gasteiger charge is -2.41. The molecule has 0 amide bonds.